The van der Waals surface area contributed by atoms with E-state index >= 15 is 0 Å². The Morgan fingerprint density at radius 3 is 1.81 bits per heavy atom. The minimum Gasteiger partial charge on any atom is -0.272 e. The summed E-state index contributed by atoms with van der Waals surface area (Å²) in [5, 5.41) is 7.09. The average Bonchev–Trinajstić information content (AvgIpc) is 3.22. The second-order valence-corrected chi connectivity index (χ2v) is 13.3. The molecule has 4 heteroatoms. The minimum absolute atomic E-state index is 0.687. The monoisotopic (exact) mass is 678 g/mol. The van der Waals surface area contributed by atoms with Gasteiger partial charge in [-0.05, 0) is 110 Å². The standard InChI is InChI=1S/C49H34N4/c1-32-33(23-25-50-2)9-5-11-44(32)35-13-17-37(18-14-35)47-30-48(38-19-15-36(16-20-38)45-12-6-10-34-24-26-51-31-46(34)45)53-49(52-47)42-22-21-41-27-39-7-3-4-8-40(39)28-43(41)29-42/h3-31H,2H2,1H3/b25-23-. The van der Waals surface area contributed by atoms with Crippen molar-refractivity contribution >= 4 is 45.1 Å². The Morgan fingerprint density at radius 1 is 0.509 bits per heavy atom. The summed E-state index contributed by atoms with van der Waals surface area (Å²) >= 11 is 0. The molecule has 0 spiro atoms. The van der Waals surface area contributed by atoms with Gasteiger partial charge in [0.1, 0.15) is 0 Å². The molecule has 0 aliphatic heterocycles. The summed E-state index contributed by atoms with van der Waals surface area (Å²) in [5.41, 5.74) is 11.7. The van der Waals surface area contributed by atoms with Crippen LogP contribution in [0.4, 0.5) is 0 Å². The van der Waals surface area contributed by atoms with Crippen molar-refractivity contribution in [1.82, 2.24) is 15.0 Å². The van der Waals surface area contributed by atoms with Crippen molar-refractivity contribution in [3.8, 4) is 56.2 Å². The van der Waals surface area contributed by atoms with E-state index in [0.717, 1.165) is 61.1 Å². The maximum absolute atomic E-state index is 5.19. The lowest BCUT2D eigenvalue weighted by atomic mass is 9.95. The Morgan fingerprint density at radius 2 is 1.09 bits per heavy atom. The van der Waals surface area contributed by atoms with Gasteiger partial charge in [0.25, 0.3) is 0 Å². The highest BCUT2D eigenvalue weighted by Crippen LogP contribution is 2.34. The normalized spacial score (nSPS) is 11.5. The van der Waals surface area contributed by atoms with Crippen LogP contribution in [-0.4, -0.2) is 21.7 Å². The van der Waals surface area contributed by atoms with Crippen molar-refractivity contribution < 1.29 is 0 Å². The molecule has 9 rings (SSSR count). The van der Waals surface area contributed by atoms with Crippen LogP contribution >= 0.6 is 0 Å². The second-order valence-electron chi connectivity index (χ2n) is 13.3. The van der Waals surface area contributed by atoms with Gasteiger partial charge in [-0.2, -0.15) is 0 Å². The lowest BCUT2D eigenvalue weighted by molar-refractivity contribution is 1.18. The highest BCUT2D eigenvalue weighted by molar-refractivity contribution is 6.00. The van der Waals surface area contributed by atoms with E-state index in [0.29, 0.717) is 5.82 Å². The van der Waals surface area contributed by atoms with E-state index in [2.05, 4.69) is 175 Å². The lowest BCUT2D eigenvalue weighted by Crippen LogP contribution is -1.96. The lowest BCUT2D eigenvalue weighted by Gasteiger charge is -2.13. The first kappa shape index (κ1) is 31.9. The van der Waals surface area contributed by atoms with Crippen LogP contribution < -0.4 is 0 Å². The fraction of sp³-hybridized carbons (Fsp3) is 0.0204. The molecule has 2 aromatic heterocycles. The van der Waals surface area contributed by atoms with Gasteiger partial charge in [0.05, 0.1) is 11.4 Å². The number of rotatable bonds is 7. The SMILES string of the molecule is C=N/C=C\c1cccc(-c2ccc(-c3cc(-c4ccc(-c5cccc6ccncc56)cc4)nc(-c4ccc5cc6ccccc6cc5c4)n3)cc2)c1C. The molecular weight excluding hydrogens is 645 g/mol. The topological polar surface area (TPSA) is 51.0 Å². The van der Waals surface area contributed by atoms with Crippen molar-refractivity contribution in [2.45, 2.75) is 6.92 Å². The van der Waals surface area contributed by atoms with Crippen molar-refractivity contribution in [2.75, 3.05) is 0 Å². The van der Waals surface area contributed by atoms with E-state index < -0.39 is 0 Å². The quantitative estimate of drug-likeness (QED) is 0.125. The van der Waals surface area contributed by atoms with Gasteiger partial charge in [-0.1, -0.05) is 121 Å². The molecule has 7 aromatic carbocycles. The summed E-state index contributed by atoms with van der Waals surface area (Å²) in [6.45, 7) is 5.72. The third kappa shape index (κ3) is 6.17. The molecular formula is C49H34N4. The minimum atomic E-state index is 0.687. The van der Waals surface area contributed by atoms with Crippen LogP contribution in [0.1, 0.15) is 11.1 Å². The summed E-state index contributed by atoms with van der Waals surface area (Å²) in [6, 6.07) is 53.7. The number of hydrogen-bond acceptors (Lipinski definition) is 4. The van der Waals surface area contributed by atoms with E-state index in [9.17, 15) is 0 Å². The van der Waals surface area contributed by atoms with Crippen LogP contribution in [-0.2, 0) is 0 Å². The first-order chi connectivity index (χ1) is 26.1. The third-order valence-electron chi connectivity index (χ3n) is 10.1. The zero-order chi connectivity index (χ0) is 35.7. The van der Waals surface area contributed by atoms with Gasteiger partial charge in [0.15, 0.2) is 5.82 Å². The first-order valence-electron chi connectivity index (χ1n) is 17.7. The van der Waals surface area contributed by atoms with E-state index in [4.69, 9.17) is 9.97 Å². The second kappa shape index (κ2) is 13.6. The Labute approximate surface area is 308 Å². The van der Waals surface area contributed by atoms with E-state index in [1.165, 1.54) is 32.7 Å². The molecule has 9 aromatic rings. The molecule has 0 N–H and O–H groups in total. The number of nitrogens with zero attached hydrogens (tertiary/aromatic N) is 4. The zero-order valence-corrected chi connectivity index (χ0v) is 29.2. The summed E-state index contributed by atoms with van der Waals surface area (Å²) < 4.78 is 0. The average molecular weight is 679 g/mol. The van der Waals surface area contributed by atoms with Crippen LogP contribution in [0, 0.1) is 6.92 Å². The van der Waals surface area contributed by atoms with Gasteiger partial charge in [-0.15, -0.1) is 0 Å². The predicted molar refractivity (Wildman–Crippen MR) is 223 cm³/mol. The number of hydrogen-bond donors (Lipinski definition) is 0. The van der Waals surface area contributed by atoms with Gasteiger partial charge in [0, 0.05) is 40.7 Å². The molecule has 0 amide bonds. The predicted octanol–water partition coefficient (Wildman–Crippen LogP) is 12.6. The molecule has 4 nitrogen and oxygen atoms in total. The molecule has 0 saturated carbocycles. The summed E-state index contributed by atoms with van der Waals surface area (Å²) in [5.74, 6) is 0.687. The number of pyridine rings is 1. The largest absolute Gasteiger partial charge is 0.272 e. The fourth-order valence-corrected chi connectivity index (χ4v) is 7.24. The van der Waals surface area contributed by atoms with Crippen LogP contribution in [0.25, 0.3) is 94.5 Å². The molecule has 0 fully saturated rings. The molecule has 250 valence electrons. The van der Waals surface area contributed by atoms with Crippen LogP contribution in [0.5, 0.6) is 0 Å². The van der Waals surface area contributed by atoms with E-state index in [1.54, 1.807) is 6.20 Å². The maximum atomic E-state index is 5.19. The third-order valence-corrected chi connectivity index (χ3v) is 10.1. The molecule has 0 aliphatic rings. The molecule has 0 aliphatic carbocycles. The maximum Gasteiger partial charge on any atom is 0.160 e. The van der Waals surface area contributed by atoms with E-state index in [1.807, 2.05) is 18.5 Å². The molecule has 0 saturated heterocycles. The van der Waals surface area contributed by atoms with Crippen molar-refractivity contribution in [2.24, 2.45) is 4.99 Å². The fourth-order valence-electron chi connectivity index (χ4n) is 7.24. The number of aromatic nitrogens is 3. The number of benzene rings is 7. The van der Waals surface area contributed by atoms with Crippen molar-refractivity contribution in [3.05, 3.63) is 181 Å². The van der Waals surface area contributed by atoms with Gasteiger partial charge < -0.3 is 0 Å². The van der Waals surface area contributed by atoms with E-state index in [-0.39, 0.29) is 0 Å². The highest BCUT2D eigenvalue weighted by Gasteiger charge is 2.14. The van der Waals surface area contributed by atoms with Crippen LogP contribution in [0.3, 0.4) is 0 Å². The molecule has 0 bridgehead atoms. The van der Waals surface area contributed by atoms with Crippen molar-refractivity contribution in [3.63, 3.8) is 0 Å². The molecule has 53 heavy (non-hydrogen) atoms. The molecule has 0 atom stereocenters. The summed E-state index contributed by atoms with van der Waals surface area (Å²) in [4.78, 5) is 18.7. The highest BCUT2D eigenvalue weighted by atomic mass is 14.9. The molecule has 0 radical (unpaired) electrons. The first-order valence-corrected chi connectivity index (χ1v) is 17.7. The molecule has 2 heterocycles. The number of fused-ring (bicyclic) bond motifs is 3. The smallest absolute Gasteiger partial charge is 0.160 e. The summed E-state index contributed by atoms with van der Waals surface area (Å²) in [7, 11) is 0. The van der Waals surface area contributed by atoms with Gasteiger partial charge in [0.2, 0.25) is 0 Å². The van der Waals surface area contributed by atoms with Gasteiger partial charge >= 0.3 is 0 Å². The van der Waals surface area contributed by atoms with Crippen LogP contribution in [0.2, 0.25) is 0 Å². The number of aliphatic imine (C=N–C) groups is 1. The summed E-state index contributed by atoms with van der Waals surface area (Å²) in [6.07, 6.45) is 7.50. The van der Waals surface area contributed by atoms with Gasteiger partial charge in [-0.3, -0.25) is 9.98 Å². The van der Waals surface area contributed by atoms with Gasteiger partial charge in [-0.25, -0.2) is 9.97 Å². The van der Waals surface area contributed by atoms with Crippen LogP contribution in [0.15, 0.2) is 175 Å². The Balaban J connectivity index is 1.14. The Hall–Kier alpha value is -7.04. The molecule has 0 unspecified atom stereocenters. The zero-order valence-electron chi connectivity index (χ0n) is 29.2. The Kier molecular flexibility index (Phi) is 8.18. The van der Waals surface area contributed by atoms with Crippen molar-refractivity contribution in [1.29, 1.82) is 0 Å². The Bertz CT molecular complexity index is 2850.